The van der Waals surface area contributed by atoms with Crippen molar-refractivity contribution in [1.29, 1.82) is 0 Å². The zero-order valence-electron chi connectivity index (χ0n) is 22.5. The molecule has 0 aliphatic carbocycles. The fourth-order valence-electron chi connectivity index (χ4n) is 3.01. The number of rotatable bonds is 9. The van der Waals surface area contributed by atoms with E-state index < -0.39 is 11.9 Å². The summed E-state index contributed by atoms with van der Waals surface area (Å²) in [4.78, 5) is 64.6. The molecule has 0 aromatic carbocycles. The highest BCUT2D eigenvalue weighted by Gasteiger charge is 2.21. The summed E-state index contributed by atoms with van der Waals surface area (Å²) in [6.45, 7) is 10.7. The third-order valence-electron chi connectivity index (χ3n) is 4.88. The van der Waals surface area contributed by atoms with Crippen LogP contribution in [-0.4, -0.2) is 80.2 Å². The minimum absolute atomic E-state index is 0. The number of pyridine rings is 1. The molecular weight excluding hydrogens is 500 g/mol. The highest BCUT2D eigenvalue weighted by Crippen LogP contribution is 2.12. The van der Waals surface area contributed by atoms with Gasteiger partial charge in [0.25, 0.3) is 0 Å². The number of ether oxygens (including phenoxy) is 4. The maximum atomic E-state index is 12.1. The highest BCUT2D eigenvalue weighted by molar-refractivity contribution is 6.17. The van der Waals surface area contributed by atoms with E-state index in [-0.39, 0.29) is 55.4 Å². The number of hydrogen-bond acceptors (Lipinski definition) is 11. The Bertz CT molecular complexity index is 1030. The maximum absolute atomic E-state index is 12.1. The minimum atomic E-state index is -0.595. The van der Waals surface area contributed by atoms with Gasteiger partial charge in [0.1, 0.15) is 11.1 Å². The van der Waals surface area contributed by atoms with Gasteiger partial charge in [-0.1, -0.05) is 14.4 Å². The topological polar surface area (TPSA) is 148 Å². The molecule has 0 bridgehead atoms. The lowest BCUT2D eigenvalue weighted by atomic mass is 10.1. The van der Waals surface area contributed by atoms with Crippen LogP contribution in [0, 0.1) is 13.8 Å². The molecule has 0 atom stereocenters. The van der Waals surface area contributed by atoms with E-state index in [1.54, 1.807) is 51.3 Å². The van der Waals surface area contributed by atoms with Gasteiger partial charge in [-0.05, 0) is 27.7 Å². The molecule has 1 saturated heterocycles. The van der Waals surface area contributed by atoms with Crippen molar-refractivity contribution >= 4 is 23.9 Å². The Hall–Kier alpha value is -3.60. The summed E-state index contributed by atoms with van der Waals surface area (Å²) in [5, 5.41) is 0. The van der Waals surface area contributed by atoms with Gasteiger partial charge in [-0.2, -0.15) is 9.59 Å². The van der Waals surface area contributed by atoms with E-state index in [9.17, 15) is 19.2 Å². The fourth-order valence-corrected chi connectivity index (χ4v) is 3.01. The van der Waals surface area contributed by atoms with Crippen molar-refractivity contribution in [3.8, 4) is 0 Å². The van der Waals surface area contributed by atoms with Crippen LogP contribution in [0.2, 0.25) is 0 Å². The standard InChI is InChI=1S/C14H19NO5.C10H17NO3.CO2.CH4/c1-4-18-14(17)11-7-15(8-12-19-5-6-20-12)10(3)9(2)13(11)16;1-5-9(12)8(7-11(3)4)10(13)14-6-2;2-1-3;/h7,12H,4-6,8H2,1-3H3;7H,5-6H2,1-4H3;;1H4/b;8-7-;;. The molecule has 0 saturated carbocycles. The third-order valence-corrected chi connectivity index (χ3v) is 4.88. The van der Waals surface area contributed by atoms with Crippen LogP contribution in [0.3, 0.4) is 0 Å². The lowest BCUT2D eigenvalue weighted by Gasteiger charge is -2.17. The number of nitrogens with zero attached hydrogens (tertiary/aromatic N) is 2. The second-order valence-corrected chi connectivity index (χ2v) is 7.71. The van der Waals surface area contributed by atoms with Crippen molar-refractivity contribution in [3.63, 3.8) is 0 Å². The molecule has 38 heavy (non-hydrogen) atoms. The van der Waals surface area contributed by atoms with Crippen LogP contribution >= 0.6 is 0 Å². The van der Waals surface area contributed by atoms with E-state index in [2.05, 4.69) is 0 Å². The van der Waals surface area contributed by atoms with Gasteiger partial charge in [0.15, 0.2) is 17.5 Å². The quantitative estimate of drug-likeness (QED) is 0.196. The van der Waals surface area contributed by atoms with Gasteiger partial charge in [-0.3, -0.25) is 9.59 Å². The molecule has 0 N–H and O–H groups in total. The van der Waals surface area contributed by atoms with Crippen LogP contribution in [0.5, 0.6) is 0 Å². The molecule has 2 rings (SSSR count). The first-order valence-electron chi connectivity index (χ1n) is 11.7. The van der Waals surface area contributed by atoms with Crippen molar-refractivity contribution in [1.82, 2.24) is 9.47 Å². The molecule has 1 fully saturated rings. The Labute approximate surface area is 223 Å². The molecule has 12 nitrogen and oxygen atoms in total. The van der Waals surface area contributed by atoms with Gasteiger partial charge in [0, 0.05) is 44.2 Å². The molecule has 0 spiro atoms. The van der Waals surface area contributed by atoms with E-state index in [1.165, 1.54) is 12.4 Å². The van der Waals surface area contributed by atoms with E-state index in [4.69, 9.17) is 28.5 Å². The summed E-state index contributed by atoms with van der Waals surface area (Å²) in [5.74, 6) is -1.34. The maximum Gasteiger partial charge on any atom is 0.373 e. The molecule has 0 unspecified atom stereocenters. The Kier molecular flexibility index (Phi) is 18.8. The fraction of sp³-hybridized carbons (Fsp3) is 0.577. The number of aromatic nitrogens is 1. The van der Waals surface area contributed by atoms with Gasteiger partial charge in [0.2, 0.25) is 0 Å². The number of Topliss-reactive ketones (excluding diaryl/α,β-unsaturated/α-hetero) is 1. The largest absolute Gasteiger partial charge is 0.462 e. The third kappa shape index (κ3) is 12.1. The first-order chi connectivity index (χ1) is 17.5. The second kappa shape index (κ2) is 19.5. The van der Waals surface area contributed by atoms with Crippen LogP contribution in [0.4, 0.5) is 0 Å². The number of carbonyl (C=O) groups excluding carboxylic acids is 5. The monoisotopic (exact) mass is 540 g/mol. The Balaban J connectivity index is 0. The van der Waals surface area contributed by atoms with Gasteiger partial charge in [-0.15, -0.1) is 0 Å². The molecule has 2 heterocycles. The van der Waals surface area contributed by atoms with Gasteiger partial charge < -0.3 is 28.4 Å². The Morgan fingerprint density at radius 1 is 1.08 bits per heavy atom. The van der Waals surface area contributed by atoms with Gasteiger partial charge >= 0.3 is 18.1 Å². The number of hydrogen-bond donors (Lipinski definition) is 0. The van der Waals surface area contributed by atoms with Crippen molar-refractivity contribution in [3.05, 3.63) is 45.0 Å². The van der Waals surface area contributed by atoms with E-state index >= 15 is 0 Å². The molecular formula is C26H40N2O10. The van der Waals surface area contributed by atoms with E-state index in [0.717, 1.165) is 5.69 Å². The number of ketones is 1. The lowest BCUT2D eigenvalue weighted by molar-refractivity contribution is -0.191. The predicted octanol–water partition coefficient (Wildman–Crippen LogP) is 2.04. The second-order valence-electron chi connectivity index (χ2n) is 7.71. The first kappa shape index (κ1) is 36.6. The molecule has 12 heteroatoms. The van der Waals surface area contributed by atoms with Crippen molar-refractivity contribution in [2.75, 3.05) is 40.5 Å². The molecule has 1 aromatic heterocycles. The summed E-state index contributed by atoms with van der Waals surface area (Å²) in [5.41, 5.74) is 1.20. The molecule has 214 valence electrons. The summed E-state index contributed by atoms with van der Waals surface area (Å²) in [6.07, 6.45) is 3.22. The summed E-state index contributed by atoms with van der Waals surface area (Å²) in [7, 11) is 3.50. The highest BCUT2D eigenvalue weighted by atomic mass is 16.7. The average molecular weight is 541 g/mol. The van der Waals surface area contributed by atoms with Gasteiger partial charge in [0.05, 0.1) is 33.0 Å². The lowest BCUT2D eigenvalue weighted by Crippen LogP contribution is -2.27. The zero-order chi connectivity index (χ0) is 28.5. The molecule has 1 aliphatic rings. The van der Waals surface area contributed by atoms with Crippen LogP contribution in [0.25, 0.3) is 0 Å². The normalized spacial score (nSPS) is 12.4. The zero-order valence-corrected chi connectivity index (χ0v) is 22.5. The van der Waals surface area contributed by atoms with Crippen LogP contribution in [0.15, 0.2) is 22.8 Å². The van der Waals surface area contributed by atoms with Crippen LogP contribution in [-0.2, 0) is 44.7 Å². The first-order valence-corrected chi connectivity index (χ1v) is 11.7. The molecule has 1 aliphatic heterocycles. The predicted molar refractivity (Wildman–Crippen MR) is 137 cm³/mol. The molecule has 0 radical (unpaired) electrons. The summed E-state index contributed by atoms with van der Waals surface area (Å²) < 4.78 is 22.3. The average Bonchev–Trinajstić information content (AvgIpc) is 3.36. The van der Waals surface area contributed by atoms with Crippen molar-refractivity contribution in [2.45, 2.75) is 61.3 Å². The smallest absolute Gasteiger partial charge is 0.373 e. The Morgan fingerprint density at radius 2 is 1.61 bits per heavy atom. The molecule has 0 amide bonds. The van der Waals surface area contributed by atoms with Crippen molar-refractivity contribution in [2.24, 2.45) is 0 Å². The number of carbonyl (C=O) groups is 3. The van der Waals surface area contributed by atoms with Crippen LogP contribution in [0.1, 0.15) is 56.2 Å². The minimum Gasteiger partial charge on any atom is -0.462 e. The van der Waals surface area contributed by atoms with E-state index in [1.807, 2.05) is 6.92 Å². The Morgan fingerprint density at radius 3 is 2.05 bits per heavy atom. The summed E-state index contributed by atoms with van der Waals surface area (Å²) in [6, 6.07) is 0. The molecule has 1 aromatic rings. The number of esters is 2. The van der Waals surface area contributed by atoms with Crippen molar-refractivity contribution < 1.29 is 42.9 Å². The SMILES string of the molecule is C.CCOC(=O)/C(=C\N(C)C)C(=O)CC.CCOC(=O)c1cn(CC2OCCO2)c(C)c(C)c1=O.O=C=O. The van der Waals surface area contributed by atoms with Crippen LogP contribution < -0.4 is 5.43 Å². The van der Waals surface area contributed by atoms with Gasteiger partial charge in [-0.25, -0.2) is 9.59 Å². The van der Waals surface area contributed by atoms with E-state index in [0.29, 0.717) is 31.7 Å². The summed E-state index contributed by atoms with van der Waals surface area (Å²) >= 11 is 0.